The molecule has 1 N–H and O–H groups in total. The molecule has 0 amide bonds. The summed E-state index contributed by atoms with van der Waals surface area (Å²) in [6.07, 6.45) is 6.36. The minimum absolute atomic E-state index is 0.156. The normalized spacial score (nSPS) is 21.8. The number of aliphatic hydroxyl groups is 1. The molecule has 0 radical (unpaired) electrons. The largest absolute Gasteiger partial charge is 0.396 e. The van der Waals surface area contributed by atoms with Crippen molar-refractivity contribution in [1.82, 2.24) is 9.97 Å². The zero-order valence-electron chi connectivity index (χ0n) is 12.5. The predicted molar refractivity (Wildman–Crippen MR) is 88.2 cm³/mol. The van der Waals surface area contributed by atoms with E-state index >= 15 is 0 Å². The topological polar surface area (TPSA) is 49.2 Å². The van der Waals surface area contributed by atoms with E-state index in [1.54, 1.807) is 12.4 Å². The van der Waals surface area contributed by atoms with Crippen molar-refractivity contribution in [2.24, 2.45) is 5.41 Å². The summed E-state index contributed by atoms with van der Waals surface area (Å²) in [7, 11) is 0. The number of nitrogens with zero attached hydrogens (tertiary/aromatic N) is 3. The van der Waals surface area contributed by atoms with E-state index < -0.39 is 0 Å². The lowest BCUT2D eigenvalue weighted by atomic mass is 9.76. The second-order valence-electron chi connectivity index (χ2n) is 6.04. The molecular formula is C17H20ClN3O. The maximum atomic E-state index is 10.0. The molecule has 5 heteroatoms. The van der Waals surface area contributed by atoms with Gasteiger partial charge in [-0.25, -0.2) is 9.97 Å². The zero-order chi connectivity index (χ0) is 15.4. The lowest BCUT2D eigenvalue weighted by Gasteiger charge is -2.42. The molecule has 4 nitrogen and oxygen atoms in total. The van der Waals surface area contributed by atoms with Gasteiger partial charge in [0, 0.05) is 35.9 Å². The van der Waals surface area contributed by atoms with Crippen LogP contribution in [-0.4, -0.2) is 34.8 Å². The number of aliphatic hydroxyl groups excluding tert-OH is 1. The second-order valence-corrected chi connectivity index (χ2v) is 6.48. The molecule has 1 aromatic carbocycles. The molecule has 1 fully saturated rings. The fourth-order valence-corrected chi connectivity index (χ4v) is 3.46. The number of anilines is 1. The van der Waals surface area contributed by atoms with Crippen LogP contribution in [0.25, 0.3) is 0 Å². The standard InChI is InChI=1S/C17H20ClN3O/c18-15-5-1-4-14(10-15)11-17(13-22)6-2-9-21(12-17)16-19-7-3-8-20-16/h1,3-5,7-8,10,22H,2,6,9,11-13H2. The monoisotopic (exact) mass is 317 g/mol. The molecule has 2 heterocycles. The number of rotatable bonds is 4. The van der Waals surface area contributed by atoms with Crippen LogP contribution >= 0.6 is 11.6 Å². The van der Waals surface area contributed by atoms with E-state index in [4.69, 9.17) is 11.6 Å². The van der Waals surface area contributed by atoms with Gasteiger partial charge in [0.05, 0.1) is 6.61 Å². The Bertz CT molecular complexity index is 622. The molecule has 0 saturated carbocycles. The van der Waals surface area contributed by atoms with Gasteiger partial charge in [0.25, 0.3) is 0 Å². The van der Waals surface area contributed by atoms with Crippen LogP contribution in [0, 0.1) is 5.41 Å². The lowest BCUT2D eigenvalue weighted by Crippen LogP contribution is -2.47. The smallest absolute Gasteiger partial charge is 0.225 e. The van der Waals surface area contributed by atoms with Crippen LogP contribution in [0.2, 0.25) is 5.02 Å². The van der Waals surface area contributed by atoms with Gasteiger partial charge in [-0.1, -0.05) is 23.7 Å². The van der Waals surface area contributed by atoms with E-state index in [1.807, 2.05) is 24.3 Å². The molecule has 1 aliphatic heterocycles. The molecule has 0 bridgehead atoms. The van der Waals surface area contributed by atoms with Crippen molar-refractivity contribution in [1.29, 1.82) is 0 Å². The summed E-state index contributed by atoms with van der Waals surface area (Å²) in [6, 6.07) is 9.71. The predicted octanol–water partition coefficient (Wildman–Crippen LogP) is 2.95. The molecule has 1 saturated heterocycles. The summed E-state index contributed by atoms with van der Waals surface area (Å²) in [5.41, 5.74) is 1.000. The summed E-state index contributed by atoms with van der Waals surface area (Å²) in [5.74, 6) is 0.742. The summed E-state index contributed by atoms with van der Waals surface area (Å²) >= 11 is 6.08. The van der Waals surface area contributed by atoms with Crippen LogP contribution in [0.4, 0.5) is 5.95 Å². The van der Waals surface area contributed by atoms with E-state index in [2.05, 4.69) is 20.9 Å². The average molecular weight is 318 g/mol. The highest BCUT2D eigenvalue weighted by atomic mass is 35.5. The summed E-state index contributed by atoms with van der Waals surface area (Å²) in [4.78, 5) is 10.8. The first-order valence-electron chi connectivity index (χ1n) is 7.58. The average Bonchev–Trinajstić information content (AvgIpc) is 2.56. The van der Waals surface area contributed by atoms with E-state index in [0.717, 1.165) is 48.9 Å². The van der Waals surface area contributed by atoms with Crippen LogP contribution in [0.15, 0.2) is 42.7 Å². The van der Waals surface area contributed by atoms with Crippen molar-refractivity contribution in [2.75, 3.05) is 24.6 Å². The third-order valence-electron chi connectivity index (χ3n) is 4.30. The van der Waals surface area contributed by atoms with Crippen molar-refractivity contribution < 1.29 is 5.11 Å². The summed E-state index contributed by atoms with van der Waals surface area (Å²) < 4.78 is 0. The molecule has 1 unspecified atom stereocenters. The first-order chi connectivity index (χ1) is 10.7. The maximum absolute atomic E-state index is 10.0. The quantitative estimate of drug-likeness (QED) is 0.942. The lowest BCUT2D eigenvalue weighted by molar-refractivity contribution is 0.105. The SMILES string of the molecule is OCC1(Cc2cccc(Cl)c2)CCCN(c2ncccn2)C1. The molecule has 2 aromatic rings. The zero-order valence-corrected chi connectivity index (χ0v) is 13.2. The highest BCUT2D eigenvalue weighted by molar-refractivity contribution is 6.30. The Kier molecular flexibility index (Phi) is 4.60. The number of hydrogen-bond acceptors (Lipinski definition) is 4. The third-order valence-corrected chi connectivity index (χ3v) is 4.54. The maximum Gasteiger partial charge on any atom is 0.225 e. The van der Waals surface area contributed by atoms with Crippen molar-refractivity contribution in [3.05, 3.63) is 53.3 Å². The third kappa shape index (κ3) is 3.39. The van der Waals surface area contributed by atoms with Crippen LogP contribution in [0.3, 0.4) is 0 Å². The molecule has 22 heavy (non-hydrogen) atoms. The molecule has 0 aliphatic carbocycles. The van der Waals surface area contributed by atoms with Gasteiger partial charge in [-0.15, -0.1) is 0 Å². The fraction of sp³-hybridized carbons (Fsp3) is 0.412. The van der Waals surface area contributed by atoms with Gasteiger partial charge in [0.2, 0.25) is 5.95 Å². The van der Waals surface area contributed by atoms with Crippen LogP contribution in [0.5, 0.6) is 0 Å². The van der Waals surface area contributed by atoms with Crippen molar-refractivity contribution in [2.45, 2.75) is 19.3 Å². The number of aromatic nitrogens is 2. The summed E-state index contributed by atoms with van der Waals surface area (Å²) in [5, 5.41) is 10.8. The van der Waals surface area contributed by atoms with Gasteiger partial charge in [-0.05, 0) is 43.0 Å². The van der Waals surface area contributed by atoms with E-state index in [9.17, 15) is 5.11 Å². The Morgan fingerprint density at radius 1 is 1.23 bits per heavy atom. The Morgan fingerprint density at radius 2 is 2.05 bits per heavy atom. The Hall–Kier alpha value is -1.65. The first kappa shape index (κ1) is 15.3. The highest BCUT2D eigenvalue weighted by Crippen LogP contribution is 2.34. The molecular weight excluding hydrogens is 298 g/mol. The van der Waals surface area contributed by atoms with E-state index in [-0.39, 0.29) is 12.0 Å². The molecule has 1 aliphatic rings. The van der Waals surface area contributed by atoms with Gasteiger partial charge in [0.15, 0.2) is 0 Å². The van der Waals surface area contributed by atoms with Gasteiger partial charge < -0.3 is 10.0 Å². The van der Waals surface area contributed by atoms with Gasteiger partial charge >= 0.3 is 0 Å². The fourth-order valence-electron chi connectivity index (χ4n) is 3.24. The van der Waals surface area contributed by atoms with Crippen LogP contribution in [-0.2, 0) is 6.42 Å². The molecule has 116 valence electrons. The van der Waals surface area contributed by atoms with E-state index in [1.165, 1.54) is 0 Å². The Balaban J connectivity index is 1.80. The van der Waals surface area contributed by atoms with E-state index in [0.29, 0.717) is 0 Å². The van der Waals surface area contributed by atoms with Crippen molar-refractivity contribution >= 4 is 17.5 Å². The highest BCUT2D eigenvalue weighted by Gasteiger charge is 2.36. The van der Waals surface area contributed by atoms with Crippen LogP contribution in [0.1, 0.15) is 18.4 Å². The Morgan fingerprint density at radius 3 is 2.77 bits per heavy atom. The molecule has 1 atom stereocenters. The van der Waals surface area contributed by atoms with Gasteiger partial charge in [0.1, 0.15) is 0 Å². The molecule has 3 rings (SSSR count). The minimum Gasteiger partial charge on any atom is -0.396 e. The number of hydrogen-bond donors (Lipinski definition) is 1. The second kappa shape index (κ2) is 6.63. The number of piperidine rings is 1. The van der Waals surface area contributed by atoms with Gasteiger partial charge in [-0.3, -0.25) is 0 Å². The van der Waals surface area contributed by atoms with Crippen molar-refractivity contribution in [3.63, 3.8) is 0 Å². The molecule has 0 spiro atoms. The van der Waals surface area contributed by atoms with Crippen molar-refractivity contribution in [3.8, 4) is 0 Å². The van der Waals surface area contributed by atoms with Crippen LogP contribution < -0.4 is 4.90 Å². The first-order valence-corrected chi connectivity index (χ1v) is 7.96. The Labute approximate surface area is 135 Å². The number of benzene rings is 1. The van der Waals surface area contributed by atoms with Gasteiger partial charge in [-0.2, -0.15) is 0 Å². The number of halogens is 1. The molecule has 1 aromatic heterocycles. The summed E-state index contributed by atoms with van der Waals surface area (Å²) in [6.45, 7) is 1.85. The minimum atomic E-state index is -0.165.